The SMILES string of the molecule is CC(=O)OCCNCCN. The first-order valence-corrected chi connectivity index (χ1v) is 3.31. The van der Waals surface area contributed by atoms with Gasteiger partial charge in [-0.1, -0.05) is 0 Å². The quantitative estimate of drug-likeness (QED) is 0.389. The van der Waals surface area contributed by atoms with Gasteiger partial charge in [-0.05, 0) is 0 Å². The molecular formula is C6H14N2O2. The summed E-state index contributed by atoms with van der Waals surface area (Å²) in [6.45, 7) is 3.87. The molecule has 0 aromatic carbocycles. The van der Waals surface area contributed by atoms with E-state index in [1.54, 1.807) is 0 Å². The highest BCUT2D eigenvalue weighted by Gasteiger charge is 1.89. The fourth-order valence-corrected chi connectivity index (χ4v) is 0.494. The van der Waals surface area contributed by atoms with Crippen LogP contribution in [0.15, 0.2) is 0 Å². The van der Waals surface area contributed by atoms with Gasteiger partial charge in [-0.3, -0.25) is 4.79 Å². The van der Waals surface area contributed by atoms with E-state index in [1.807, 2.05) is 0 Å². The third-order valence-electron chi connectivity index (χ3n) is 0.905. The fourth-order valence-electron chi connectivity index (χ4n) is 0.494. The molecule has 0 aromatic rings. The van der Waals surface area contributed by atoms with Gasteiger partial charge in [-0.25, -0.2) is 0 Å². The summed E-state index contributed by atoms with van der Waals surface area (Å²) in [5, 5.41) is 2.99. The molecule has 0 aliphatic heterocycles. The second kappa shape index (κ2) is 6.51. The monoisotopic (exact) mass is 146 g/mol. The standard InChI is InChI=1S/C6H14N2O2/c1-6(9)10-5-4-8-3-2-7/h8H,2-5,7H2,1H3. The van der Waals surface area contributed by atoms with Gasteiger partial charge in [0.25, 0.3) is 0 Å². The summed E-state index contributed by atoms with van der Waals surface area (Å²) >= 11 is 0. The van der Waals surface area contributed by atoms with E-state index in [0.29, 0.717) is 19.7 Å². The molecule has 0 saturated carbocycles. The molecule has 0 aliphatic rings. The molecule has 0 atom stereocenters. The summed E-state index contributed by atoms with van der Waals surface area (Å²) in [6, 6.07) is 0. The maximum atomic E-state index is 10.2. The van der Waals surface area contributed by atoms with Crippen LogP contribution in [0.1, 0.15) is 6.92 Å². The minimum Gasteiger partial charge on any atom is -0.465 e. The number of rotatable bonds is 5. The Morgan fingerprint density at radius 2 is 2.30 bits per heavy atom. The first-order valence-electron chi connectivity index (χ1n) is 3.31. The Labute approximate surface area is 60.7 Å². The molecule has 0 saturated heterocycles. The molecule has 0 spiro atoms. The molecule has 0 amide bonds. The van der Waals surface area contributed by atoms with Crippen LogP contribution in [-0.2, 0) is 9.53 Å². The highest BCUT2D eigenvalue weighted by molar-refractivity contribution is 5.65. The lowest BCUT2D eigenvalue weighted by atomic mass is 10.6. The molecular weight excluding hydrogens is 132 g/mol. The third kappa shape index (κ3) is 7.39. The Balaban J connectivity index is 2.84. The van der Waals surface area contributed by atoms with E-state index in [0.717, 1.165) is 6.54 Å². The number of hydrogen-bond donors (Lipinski definition) is 2. The highest BCUT2D eigenvalue weighted by Crippen LogP contribution is 1.72. The van der Waals surface area contributed by atoms with Crippen molar-refractivity contribution in [3.8, 4) is 0 Å². The predicted octanol–water partition coefficient (Wildman–Crippen LogP) is -0.902. The van der Waals surface area contributed by atoms with Crippen LogP contribution in [0.25, 0.3) is 0 Å². The van der Waals surface area contributed by atoms with E-state index in [1.165, 1.54) is 6.92 Å². The van der Waals surface area contributed by atoms with E-state index in [9.17, 15) is 4.79 Å². The molecule has 10 heavy (non-hydrogen) atoms. The lowest BCUT2D eigenvalue weighted by molar-refractivity contribution is -0.140. The van der Waals surface area contributed by atoms with Gasteiger partial charge in [0.1, 0.15) is 6.61 Å². The van der Waals surface area contributed by atoms with Crippen molar-refractivity contribution in [2.45, 2.75) is 6.92 Å². The van der Waals surface area contributed by atoms with Gasteiger partial charge >= 0.3 is 5.97 Å². The van der Waals surface area contributed by atoms with Crippen LogP contribution in [0.3, 0.4) is 0 Å². The molecule has 0 fully saturated rings. The minimum absolute atomic E-state index is 0.241. The molecule has 0 bridgehead atoms. The van der Waals surface area contributed by atoms with Crippen molar-refractivity contribution in [2.24, 2.45) is 5.73 Å². The van der Waals surface area contributed by atoms with Crippen LogP contribution in [0.2, 0.25) is 0 Å². The van der Waals surface area contributed by atoms with E-state index < -0.39 is 0 Å². The third-order valence-corrected chi connectivity index (χ3v) is 0.905. The molecule has 3 N–H and O–H groups in total. The number of carbonyl (C=O) groups excluding carboxylic acids is 1. The number of nitrogens with two attached hydrogens (primary N) is 1. The van der Waals surface area contributed by atoms with Crippen LogP contribution < -0.4 is 11.1 Å². The van der Waals surface area contributed by atoms with Crippen LogP contribution in [0.4, 0.5) is 0 Å². The maximum Gasteiger partial charge on any atom is 0.302 e. The van der Waals surface area contributed by atoms with Crippen LogP contribution >= 0.6 is 0 Å². The number of carbonyl (C=O) groups is 1. The molecule has 0 unspecified atom stereocenters. The number of ether oxygens (including phenoxy) is 1. The lowest BCUT2D eigenvalue weighted by Gasteiger charge is -2.01. The lowest BCUT2D eigenvalue weighted by Crippen LogP contribution is -2.26. The number of nitrogens with one attached hydrogen (secondary N) is 1. The summed E-state index contributed by atoms with van der Waals surface area (Å²) in [5.41, 5.74) is 5.20. The summed E-state index contributed by atoms with van der Waals surface area (Å²) in [4.78, 5) is 10.2. The normalized spacial score (nSPS) is 9.40. The fraction of sp³-hybridized carbons (Fsp3) is 0.833. The van der Waals surface area contributed by atoms with Gasteiger partial charge < -0.3 is 15.8 Å². The van der Waals surface area contributed by atoms with Gasteiger partial charge in [0.15, 0.2) is 0 Å². The molecule has 0 aromatic heterocycles. The molecule has 0 rings (SSSR count). The van der Waals surface area contributed by atoms with Crippen molar-refractivity contribution in [1.29, 1.82) is 0 Å². The van der Waals surface area contributed by atoms with Crippen LogP contribution in [-0.4, -0.2) is 32.2 Å². The topological polar surface area (TPSA) is 64.3 Å². The molecule has 60 valence electrons. The molecule has 4 heteroatoms. The van der Waals surface area contributed by atoms with Gasteiger partial charge in [-0.2, -0.15) is 0 Å². The highest BCUT2D eigenvalue weighted by atomic mass is 16.5. The number of hydrogen-bond acceptors (Lipinski definition) is 4. The zero-order chi connectivity index (χ0) is 7.82. The van der Waals surface area contributed by atoms with Gasteiger partial charge in [0, 0.05) is 26.6 Å². The zero-order valence-corrected chi connectivity index (χ0v) is 6.22. The Kier molecular flexibility index (Phi) is 6.11. The molecule has 0 heterocycles. The maximum absolute atomic E-state index is 10.2. The predicted molar refractivity (Wildman–Crippen MR) is 38.6 cm³/mol. The second-order valence-electron chi connectivity index (χ2n) is 1.88. The first-order chi connectivity index (χ1) is 4.77. The smallest absolute Gasteiger partial charge is 0.302 e. The first kappa shape index (κ1) is 9.39. The van der Waals surface area contributed by atoms with E-state index in [4.69, 9.17) is 5.73 Å². The van der Waals surface area contributed by atoms with Crippen molar-refractivity contribution >= 4 is 5.97 Å². The van der Waals surface area contributed by atoms with Crippen molar-refractivity contribution in [3.63, 3.8) is 0 Å². The van der Waals surface area contributed by atoms with E-state index in [-0.39, 0.29) is 5.97 Å². The van der Waals surface area contributed by atoms with Crippen LogP contribution in [0.5, 0.6) is 0 Å². The summed E-state index contributed by atoms with van der Waals surface area (Å²) in [5.74, 6) is -0.241. The Morgan fingerprint density at radius 1 is 1.60 bits per heavy atom. The second-order valence-corrected chi connectivity index (χ2v) is 1.88. The van der Waals surface area contributed by atoms with Crippen molar-refractivity contribution in [1.82, 2.24) is 5.32 Å². The Bertz CT molecular complexity index is 95.7. The van der Waals surface area contributed by atoms with Gasteiger partial charge in [-0.15, -0.1) is 0 Å². The average Bonchev–Trinajstić information content (AvgIpc) is 1.87. The molecule has 4 nitrogen and oxygen atoms in total. The molecule has 0 radical (unpaired) electrons. The number of esters is 1. The Hall–Kier alpha value is -0.610. The summed E-state index contributed by atoms with van der Waals surface area (Å²) in [7, 11) is 0. The van der Waals surface area contributed by atoms with Crippen LogP contribution in [0, 0.1) is 0 Å². The zero-order valence-electron chi connectivity index (χ0n) is 6.22. The average molecular weight is 146 g/mol. The largest absolute Gasteiger partial charge is 0.465 e. The van der Waals surface area contributed by atoms with E-state index in [2.05, 4.69) is 10.1 Å². The van der Waals surface area contributed by atoms with E-state index >= 15 is 0 Å². The van der Waals surface area contributed by atoms with Crippen molar-refractivity contribution < 1.29 is 9.53 Å². The summed E-state index contributed by atoms with van der Waals surface area (Å²) in [6.07, 6.45) is 0. The van der Waals surface area contributed by atoms with Crippen molar-refractivity contribution in [2.75, 3.05) is 26.2 Å². The van der Waals surface area contributed by atoms with Gasteiger partial charge in [0.05, 0.1) is 0 Å². The van der Waals surface area contributed by atoms with Gasteiger partial charge in [0.2, 0.25) is 0 Å². The van der Waals surface area contributed by atoms with Crippen molar-refractivity contribution in [3.05, 3.63) is 0 Å². The molecule has 0 aliphatic carbocycles. The minimum atomic E-state index is -0.241. The Morgan fingerprint density at radius 3 is 2.80 bits per heavy atom. The summed E-state index contributed by atoms with van der Waals surface area (Å²) < 4.78 is 4.65.